The minimum absolute atomic E-state index is 0.0151. The van der Waals surface area contributed by atoms with Gasteiger partial charge in [0.05, 0.1) is 16.6 Å². The number of unbranched alkanes of at least 4 members (excludes halogenated alkanes) is 1. The lowest BCUT2D eigenvalue weighted by atomic mass is 9.71. The molecular weight excluding hydrogens is 428 g/mol. The summed E-state index contributed by atoms with van der Waals surface area (Å²) in [7, 11) is 0. The lowest BCUT2D eigenvalue weighted by molar-refractivity contribution is -0.153. The van der Waals surface area contributed by atoms with Gasteiger partial charge in [0.15, 0.2) is 0 Å². The van der Waals surface area contributed by atoms with Crippen molar-refractivity contribution in [2.45, 2.75) is 68.0 Å². The van der Waals surface area contributed by atoms with Gasteiger partial charge in [-0.2, -0.15) is 0 Å². The highest BCUT2D eigenvalue weighted by atomic mass is 32.2. The van der Waals surface area contributed by atoms with E-state index in [0.717, 1.165) is 12.8 Å². The zero-order valence-corrected chi connectivity index (χ0v) is 20.2. The number of likely N-dealkylation sites (tertiary alicyclic amines) is 1. The number of aliphatic hydroxyl groups is 1. The first-order valence-electron chi connectivity index (χ1n) is 11.4. The fourth-order valence-corrected chi connectivity index (χ4v) is 7.74. The number of aliphatic hydroxyl groups excluding tert-OH is 1. The summed E-state index contributed by atoms with van der Waals surface area (Å²) in [5.74, 6) is -1.70. The van der Waals surface area contributed by atoms with Crippen LogP contribution in [0.15, 0.2) is 25.3 Å². The molecule has 0 radical (unpaired) electrons. The molecule has 2 amide bonds. The van der Waals surface area contributed by atoms with Crippen molar-refractivity contribution in [1.29, 1.82) is 0 Å². The number of carbonyl (C=O) groups is 3. The van der Waals surface area contributed by atoms with E-state index in [-0.39, 0.29) is 36.2 Å². The van der Waals surface area contributed by atoms with E-state index in [2.05, 4.69) is 13.2 Å². The van der Waals surface area contributed by atoms with Crippen LogP contribution in [0.1, 0.15) is 46.5 Å². The maximum absolute atomic E-state index is 14.0. The van der Waals surface area contributed by atoms with E-state index in [1.54, 1.807) is 27.6 Å². The Bertz CT molecular complexity index is 779. The monoisotopic (exact) mass is 464 g/mol. The van der Waals surface area contributed by atoms with Crippen LogP contribution in [-0.2, 0) is 19.1 Å². The molecule has 0 aliphatic carbocycles. The summed E-state index contributed by atoms with van der Waals surface area (Å²) in [4.78, 5) is 44.2. The number of thioether (sulfide) groups is 1. The highest BCUT2D eigenvalue weighted by Gasteiger charge is 2.74. The van der Waals surface area contributed by atoms with Gasteiger partial charge >= 0.3 is 5.97 Å². The molecule has 3 saturated heterocycles. The van der Waals surface area contributed by atoms with E-state index in [4.69, 9.17) is 4.74 Å². The molecular formula is C24H36N2O5S. The zero-order chi connectivity index (χ0) is 23.7. The molecule has 7 nitrogen and oxygen atoms in total. The Hall–Kier alpha value is -1.80. The van der Waals surface area contributed by atoms with Gasteiger partial charge in [-0.3, -0.25) is 14.4 Å². The van der Waals surface area contributed by atoms with Gasteiger partial charge in [-0.05, 0) is 46.5 Å². The summed E-state index contributed by atoms with van der Waals surface area (Å²) in [6, 6.07) is -0.634. The highest BCUT2D eigenvalue weighted by Crippen LogP contribution is 2.66. The predicted octanol–water partition coefficient (Wildman–Crippen LogP) is 2.39. The Balaban J connectivity index is 2.01. The quantitative estimate of drug-likeness (QED) is 0.304. The number of esters is 1. The van der Waals surface area contributed by atoms with Crippen molar-refractivity contribution >= 4 is 29.5 Å². The molecule has 1 spiro atoms. The normalized spacial score (nSPS) is 30.9. The molecule has 3 aliphatic heterocycles. The lowest BCUT2D eigenvalue weighted by Gasteiger charge is -2.42. The summed E-state index contributed by atoms with van der Waals surface area (Å²) in [6.07, 6.45) is 5.90. The molecule has 3 heterocycles. The Labute approximate surface area is 195 Å². The van der Waals surface area contributed by atoms with Gasteiger partial charge in [0.25, 0.3) is 0 Å². The average molecular weight is 465 g/mol. The largest absolute Gasteiger partial charge is 0.461 e. The number of nitrogens with zero attached hydrogens (tertiary/aromatic N) is 2. The minimum Gasteiger partial charge on any atom is -0.461 e. The van der Waals surface area contributed by atoms with E-state index in [0.29, 0.717) is 25.9 Å². The van der Waals surface area contributed by atoms with Crippen LogP contribution in [0.2, 0.25) is 0 Å². The van der Waals surface area contributed by atoms with Gasteiger partial charge < -0.3 is 19.6 Å². The summed E-state index contributed by atoms with van der Waals surface area (Å²) in [5.41, 5.74) is -0.441. The molecule has 3 fully saturated rings. The van der Waals surface area contributed by atoms with Gasteiger partial charge in [0.2, 0.25) is 11.8 Å². The number of amides is 2. The first-order chi connectivity index (χ1) is 15.1. The predicted molar refractivity (Wildman–Crippen MR) is 125 cm³/mol. The van der Waals surface area contributed by atoms with Crippen LogP contribution < -0.4 is 0 Å². The van der Waals surface area contributed by atoms with Crippen molar-refractivity contribution in [3.8, 4) is 0 Å². The molecule has 3 aliphatic rings. The third-order valence-electron chi connectivity index (χ3n) is 6.84. The molecule has 0 aromatic heterocycles. The first kappa shape index (κ1) is 24.8. The zero-order valence-electron chi connectivity index (χ0n) is 19.4. The Morgan fingerprint density at radius 3 is 2.62 bits per heavy atom. The second kappa shape index (κ2) is 9.59. The summed E-state index contributed by atoms with van der Waals surface area (Å²) >= 11 is 1.64. The maximum atomic E-state index is 14.0. The Morgan fingerprint density at radius 1 is 1.31 bits per heavy atom. The van der Waals surface area contributed by atoms with E-state index in [9.17, 15) is 19.5 Å². The third kappa shape index (κ3) is 4.12. The summed E-state index contributed by atoms with van der Waals surface area (Å²) in [5, 5.41) is 9.23. The van der Waals surface area contributed by atoms with Gasteiger partial charge in [-0.25, -0.2) is 0 Å². The van der Waals surface area contributed by atoms with E-state index in [1.807, 2.05) is 20.8 Å². The molecule has 0 aromatic rings. The fraction of sp³-hybridized carbons (Fsp3) is 0.708. The highest BCUT2D eigenvalue weighted by molar-refractivity contribution is 8.02. The Kier molecular flexibility index (Phi) is 7.44. The molecule has 2 bridgehead atoms. The van der Waals surface area contributed by atoms with Gasteiger partial charge in [-0.15, -0.1) is 18.3 Å². The standard InChI is InChI=1S/C24H36N2O5S/c1-6-12-26(23(3,4)5)21(29)19-24-11-10-16(32-24)17(22(30)31-15-7-2)18(24)20(28)25(19)13-8-9-14-27/h6-7,16-19,27H,1-2,8-15H2,3-5H3/t16-,17+,18-,19?,24?/m0/s1. The van der Waals surface area contributed by atoms with Gasteiger partial charge in [0, 0.05) is 30.5 Å². The summed E-state index contributed by atoms with van der Waals surface area (Å²) < 4.78 is 4.74. The van der Waals surface area contributed by atoms with Crippen molar-refractivity contribution in [2.24, 2.45) is 11.8 Å². The number of rotatable bonds is 10. The molecule has 32 heavy (non-hydrogen) atoms. The van der Waals surface area contributed by atoms with Crippen molar-refractivity contribution in [1.82, 2.24) is 9.80 Å². The summed E-state index contributed by atoms with van der Waals surface area (Å²) in [6.45, 7) is 14.3. The van der Waals surface area contributed by atoms with Crippen molar-refractivity contribution in [3.05, 3.63) is 25.3 Å². The number of hydrogen-bond acceptors (Lipinski definition) is 6. The number of hydrogen-bond donors (Lipinski definition) is 1. The van der Waals surface area contributed by atoms with Crippen LogP contribution in [0, 0.1) is 11.8 Å². The number of ether oxygens (including phenoxy) is 1. The molecule has 178 valence electrons. The molecule has 3 rings (SSSR count). The Morgan fingerprint density at radius 2 is 2.03 bits per heavy atom. The topological polar surface area (TPSA) is 87.2 Å². The molecule has 1 N–H and O–H groups in total. The van der Waals surface area contributed by atoms with Crippen LogP contribution in [0.3, 0.4) is 0 Å². The fourth-order valence-electron chi connectivity index (χ4n) is 5.54. The van der Waals surface area contributed by atoms with Crippen molar-refractivity contribution < 1.29 is 24.2 Å². The van der Waals surface area contributed by atoms with E-state index < -0.39 is 28.2 Å². The smallest absolute Gasteiger partial charge is 0.311 e. The second-order valence-corrected chi connectivity index (χ2v) is 11.4. The van der Waals surface area contributed by atoms with E-state index in [1.165, 1.54) is 6.08 Å². The lowest BCUT2D eigenvalue weighted by Crippen LogP contribution is -2.58. The first-order valence-corrected chi connectivity index (χ1v) is 12.3. The van der Waals surface area contributed by atoms with Crippen LogP contribution in [0.25, 0.3) is 0 Å². The molecule has 5 atom stereocenters. The minimum atomic E-state index is -0.634. The second-order valence-electron chi connectivity index (χ2n) is 9.85. The van der Waals surface area contributed by atoms with Crippen LogP contribution in [0.4, 0.5) is 0 Å². The van der Waals surface area contributed by atoms with Gasteiger partial charge in [-0.1, -0.05) is 18.7 Å². The van der Waals surface area contributed by atoms with Crippen molar-refractivity contribution in [2.75, 3.05) is 26.3 Å². The van der Waals surface area contributed by atoms with Gasteiger partial charge in [0.1, 0.15) is 12.6 Å². The average Bonchev–Trinajstić information content (AvgIpc) is 3.37. The van der Waals surface area contributed by atoms with Crippen LogP contribution in [0.5, 0.6) is 0 Å². The van der Waals surface area contributed by atoms with Crippen LogP contribution in [-0.4, -0.2) is 80.6 Å². The molecule has 0 saturated carbocycles. The third-order valence-corrected chi connectivity index (χ3v) is 8.80. The number of carbonyl (C=O) groups excluding carboxylic acids is 3. The molecule has 8 heteroatoms. The SMILES string of the molecule is C=CCOC(=O)[C@@H]1[C@@H]2CCC3(S2)C(C(=O)N(CC=C)C(C)(C)C)N(CCCCO)C(=O)[C@H]13. The van der Waals surface area contributed by atoms with E-state index >= 15 is 0 Å². The number of fused-ring (bicyclic) bond motifs is 1. The molecule has 2 unspecified atom stereocenters. The van der Waals surface area contributed by atoms with Crippen LogP contribution >= 0.6 is 11.8 Å². The van der Waals surface area contributed by atoms with Crippen molar-refractivity contribution in [3.63, 3.8) is 0 Å². The maximum Gasteiger partial charge on any atom is 0.311 e. The molecule has 0 aromatic carbocycles.